The first-order chi connectivity index (χ1) is 7.20. The second kappa shape index (κ2) is 10.5. The van der Waals surface area contributed by atoms with Crippen molar-refractivity contribution in [3.8, 4) is 0 Å². The molecule has 0 rings (SSSR count). The van der Waals surface area contributed by atoms with Crippen LogP contribution in [-0.4, -0.2) is 54.1 Å². The van der Waals surface area contributed by atoms with Crippen molar-refractivity contribution in [1.82, 2.24) is 4.90 Å². The van der Waals surface area contributed by atoms with Crippen LogP contribution in [0.15, 0.2) is 12.7 Å². The Balaban J connectivity index is 3.41. The van der Waals surface area contributed by atoms with Crippen LogP contribution in [0.3, 0.4) is 0 Å². The first-order valence-electron chi connectivity index (χ1n) is 4.92. The molecule has 0 aromatic rings. The zero-order valence-electron chi connectivity index (χ0n) is 9.13. The lowest BCUT2D eigenvalue weighted by Crippen LogP contribution is -2.30. The molecular formula is C9H20NO4P. The van der Waals surface area contributed by atoms with E-state index in [1.807, 2.05) is 6.92 Å². The average molecular weight is 237 g/mol. The van der Waals surface area contributed by atoms with E-state index in [1.165, 1.54) is 0 Å². The maximum atomic E-state index is 8.53. The topological polar surface area (TPSA) is 62.2 Å². The number of hydrogen-bond donors (Lipinski definition) is 2. The SMILES string of the molecule is C=CCOCCN(CC)CCOP(O)O. The Morgan fingerprint density at radius 1 is 1.33 bits per heavy atom. The zero-order chi connectivity index (χ0) is 11.5. The summed E-state index contributed by atoms with van der Waals surface area (Å²) in [6.07, 6.45) is 1.71. The molecule has 6 heteroatoms. The number of likely N-dealkylation sites (N-methyl/N-ethyl adjacent to an activating group) is 1. The molecule has 0 aliphatic rings. The van der Waals surface area contributed by atoms with E-state index in [4.69, 9.17) is 14.5 Å². The monoisotopic (exact) mass is 237 g/mol. The van der Waals surface area contributed by atoms with Gasteiger partial charge in [0.05, 0.1) is 19.8 Å². The van der Waals surface area contributed by atoms with Gasteiger partial charge in [0, 0.05) is 13.1 Å². The Bertz CT molecular complexity index is 157. The molecule has 90 valence electrons. The van der Waals surface area contributed by atoms with Crippen molar-refractivity contribution in [2.75, 3.05) is 39.5 Å². The lowest BCUT2D eigenvalue weighted by Gasteiger charge is -2.19. The van der Waals surface area contributed by atoms with Crippen LogP contribution in [0.4, 0.5) is 0 Å². The quantitative estimate of drug-likeness (QED) is 0.333. The highest BCUT2D eigenvalue weighted by atomic mass is 31.2. The fourth-order valence-electron chi connectivity index (χ4n) is 1.04. The summed E-state index contributed by atoms with van der Waals surface area (Å²) in [5.41, 5.74) is 0. The molecule has 0 unspecified atom stereocenters. The van der Waals surface area contributed by atoms with Crippen molar-refractivity contribution in [3.05, 3.63) is 12.7 Å². The highest BCUT2D eigenvalue weighted by Crippen LogP contribution is 2.23. The molecule has 0 heterocycles. The van der Waals surface area contributed by atoms with Gasteiger partial charge in [-0.1, -0.05) is 13.0 Å². The van der Waals surface area contributed by atoms with E-state index >= 15 is 0 Å². The van der Waals surface area contributed by atoms with Crippen LogP contribution in [0.25, 0.3) is 0 Å². The first kappa shape index (κ1) is 15.0. The third-order valence-corrected chi connectivity index (χ3v) is 2.26. The van der Waals surface area contributed by atoms with Crippen LogP contribution < -0.4 is 0 Å². The molecule has 0 aromatic carbocycles. The molecule has 0 radical (unpaired) electrons. The standard InChI is InChI=1S/C9H20NO4P/c1-3-7-13-8-5-10(4-2)6-9-14-15(11)12/h3,11-12H,1,4-9H2,2H3. The largest absolute Gasteiger partial charge is 0.376 e. The molecule has 0 atom stereocenters. The van der Waals surface area contributed by atoms with Gasteiger partial charge in [0.25, 0.3) is 0 Å². The van der Waals surface area contributed by atoms with Crippen LogP contribution in [-0.2, 0) is 9.26 Å². The molecule has 0 aliphatic heterocycles. The van der Waals surface area contributed by atoms with Crippen LogP contribution in [0.1, 0.15) is 6.92 Å². The summed E-state index contributed by atoms with van der Waals surface area (Å²) in [7, 11) is -2.23. The highest BCUT2D eigenvalue weighted by Gasteiger charge is 2.04. The number of nitrogens with zero attached hydrogens (tertiary/aromatic N) is 1. The molecule has 2 N–H and O–H groups in total. The smallest absolute Gasteiger partial charge is 0.327 e. The first-order valence-corrected chi connectivity index (χ1v) is 6.09. The van der Waals surface area contributed by atoms with Crippen LogP contribution in [0.2, 0.25) is 0 Å². The van der Waals surface area contributed by atoms with E-state index in [0.717, 1.165) is 13.1 Å². The summed E-state index contributed by atoms with van der Waals surface area (Å²) in [4.78, 5) is 19.2. The molecule has 0 spiro atoms. The molecule has 0 bridgehead atoms. The molecule has 0 fully saturated rings. The molecular weight excluding hydrogens is 217 g/mol. The molecule has 5 nitrogen and oxygen atoms in total. The van der Waals surface area contributed by atoms with Gasteiger partial charge >= 0.3 is 8.60 Å². The van der Waals surface area contributed by atoms with Crippen molar-refractivity contribution in [3.63, 3.8) is 0 Å². The molecule has 0 aromatic heterocycles. The maximum absolute atomic E-state index is 8.53. The van der Waals surface area contributed by atoms with Gasteiger partial charge in [-0.3, -0.25) is 4.90 Å². The number of rotatable bonds is 10. The summed E-state index contributed by atoms with van der Waals surface area (Å²) in [5.74, 6) is 0. The molecule has 0 amide bonds. The van der Waals surface area contributed by atoms with E-state index in [2.05, 4.69) is 16.0 Å². The van der Waals surface area contributed by atoms with E-state index in [-0.39, 0.29) is 0 Å². The Kier molecular flexibility index (Phi) is 10.5. The lowest BCUT2D eigenvalue weighted by atomic mass is 10.5. The lowest BCUT2D eigenvalue weighted by molar-refractivity contribution is 0.116. The summed E-state index contributed by atoms with van der Waals surface area (Å²) in [5, 5.41) is 0. The maximum Gasteiger partial charge on any atom is 0.327 e. The fraction of sp³-hybridized carbons (Fsp3) is 0.778. The van der Waals surface area contributed by atoms with Gasteiger partial charge in [0.2, 0.25) is 0 Å². The van der Waals surface area contributed by atoms with Crippen molar-refractivity contribution in [2.24, 2.45) is 0 Å². The van der Waals surface area contributed by atoms with Crippen LogP contribution in [0, 0.1) is 0 Å². The van der Waals surface area contributed by atoms with E-state index < -0.39 is 8.60 Å². The van der Waals surface area contributed by atoms with Crippen LogP contribution >= 0.6 is 8.60 Å². The number of ether oxygens (including phenoxy) is 1. The fourth-order valence-corrected chi connectivity index (χ4v) is 1.28. The second-order valence-corrected chi connectivity index (χ2v) is 3.65. The van der Waals surface area contributed by atoms with Gasteiger partial charge in [0.1, 0.15) is 0 Å². The van der Waals surface area contributed by atoms with Gasteiger partial charge < -0.3 is 19.0 Å². The molecule has 0 saturated carbocycles. The third kappa shape index (κ3) is 10.3. The summed E-state index contributed by atoms with van der Waals surface area (Å²) >= 11 is 0. The summed E-state index contributed by atoms with van der Waals surface area (Å²) < 4.78 is 9.93. The van der Waals surface area contributed by atoms with Gasteiger partial charge in [-0.25, -0.2) is 0 Å². The predicted octanol–water partition coefficient (Wildman–Crippen LogP) is 0.739. The van der Waals surface area contributed by atoms with Crippen molar-refractivity contribution >= 4 is 8.60 Å². The van der Waals surface area contributed by atoms with Crippen LogP contribution in [0.5, 0.6) is 0 Å². The highest BCUT2D eigenvalue weighted by molar-refractivity contribution is 7.39. The minimum absolute atomic E-state index is 0.327. The van der Waals surface area contributed by atoms with E-state index in [9.17, 15) is 0 Å². The Morgan fingerprint density at radius 3 is 2.53 bits per heavy atom. The minimum Gasteiger partial charge on any atom is -0.376 e. The van der Waals surface area contributed by atoms with Crippen molar-refractivity contribution in [1.29, 1.82) is 0 Å². The van der Waals surface area contributed by atoms with Crippen molar-refractivity contribution in [2.45, 2.75) is 6.92 Å². The minimum atomic E-state index is -2.23. The van der Waals surface area contributed by atoms with E-state index in [0.29, 0.717) is 26.4 Å². The summed E-state index contributed by atoms with van der Waals surface area (Å²) in [6.45, 7) is 9.49. The van der Waals surface area contributed by atoms with Gasteiger partial charge in [-0.15, -0.1) is 6.58 Å². The zero-order valence-corrected chi connectivity index (χ0v) is 10.0. The second-order valence-electron chi connectivity index (χ2n) is 2.88. The van der Waals surface area contributed by atoms with Gasteiger partial charge in [-0.05, 0) is 6.54 Å². The normalized spacial score (nSPS) is 11.3. The van der Waals surface area contributed by atoms with E-state index in [1.54, 1.807) is 6.08 Å². The third-order valence-electron chi connectivity index (χ3n) is 1.85. The molecule has 15 heavy (non-hydrogen) atoms. The van der Waals surface area contributed by atoms with Crippen molar-refractivity contribution < 1.29 is 19.0 Å². The summed E-state index contributed by atoms with van der Waals surface area (Å²) in [6, 6.07) is 0. The predicted molar refractivity (Wildman–Crippen MR) is 60.4 cm³/mol. The van der Waals surface area contributed by atoms with Gasteiger partial charge in [-0.2, -0.15) is 0 Å². The average Bonchev–Trinajstić information content (AvgIpc) is 2.21. The number of hydrogen-bond acceptors (Lipinski definition) is 5. The Morgan fingerprint density at radius 2 is 2.00 bits per heavy atom. The Labute approximate surface area is 92.3 Å². The molecule has 0 aliphatic carbocycles. The molecule has 0 saturated heterocycles. The van der Waals surface area contributed by atoms with Gasteiger partial charge in [0.15, 0.2) is 0 Å². The Hall–Kier alpha value is -0.0300.